The Kier molecular flexibility index (Phi) is 8.11. The molecule has 1 heterocycles. The zero-order valence-corrected chi connectivity index (χ0v) is 19.9. The highest BCUT2D eigenvalue weighted by atomic mass is 19.1. The molecule has 1 aliphatic heterocycles. The summed E-state index contributed by atoms with van der Waals surface area (Å²) in [6.07, 6.45) is 0. The number of methoxy groups -OCH3 is 1. The SMILES string of the molecule is COc1ccc(C(=O)N(CCN2CCN(C(=O)c3ccccc3)CC2)Cc2ccc(F)cc2)cc1. The molecule has 0 radical (unpaired) electrons. The third-order valence-electron chi connectivity index (χ3n) is 6.28. The quantitative estimate of drug-likeness (QED) is 0.495. The zero-order chi connectivity index (χ0) is 24.6. The first-order valence-corrected chi connectivity index (χ1v) is 11.8. The van der Waals surface area contributed by atoms with E-state index in [1.807, 2.05) is 35.2 Å². The molecule has 182 valence electrons. The summed E-state index contributed by atoms with van der Waals surface area (Å²) in [5.74, 6) is 0.354. The van der Waals surface area contributed by atoms with Gasteiger partial charge in [-0.25, -0.2) is 4.39 Å². The Morgan fingerprint density at radius 2 is 1.51 bits per heavy atom. The number of nitrogens with zero attached hydrogens (tertiary/aromatic N) is 3. The highest BCUT2D eigenvalue weighted by Gasteiger charge is 2.23. The molecule has 1 aliphatic rings. The average molecular weight is 476 g/mol. The predicted octanol–water partition coefficient (Wildman–Crippen LogP) is 3.93. The highest BCUT2D eigenvalue weighted by molar-refractivity contribution is 5.94. The fourth-order valence-corrected chi connectivity index (χ4v) is 4.18. The lowest BCUT2D eigenvalue weighted by atomic mass is 10.1. The number of rotatable bonds is 8. The molecule has 1 fully saturated rings. The van der Waals surface area contributed by atoms with Gasteiger partial charge < -0.3 is 14.5 Å². The molecule has 0 saturated carbocycles. The molecular formula is C28H30FN3O3. The molecular weight excluding hydrogens is 445 g/mol. The summed E-state index contributed by atoms with van der Waals surface area (Å²) in [7, 11) is 1.59. The lowest BCUT2D eigenvalue weighted by molar-refractivity contribution is 0.0598. The third-order valence-corrected chi connectivity index (χ3v) is 6.28. The van der Waals surface area contributed by atoms with Gasteiger partial charge in [0, 0.05) is 56.9 Å². The van der Waals surface area contributed by atoms with Crippen molar-refractivity contribution in [1.82, 2.24) is 14.7 Å². The van der Waals surface area contributed by atoms with Crippen molar-refractivity contribution in [3.8, 4) is 5.75 Å². The van der Waals surface area contributed by atoms with Crippen LogP contribution in [0.2, 0.25) is 0 Å². The maximum atomic E-state index is 13.4. The van der Waals surface area contributed by atoms with Crippen molar-refractivity contribution < 1.29 is 18.7 Å². The van der Waals surface area contributed by atoms with E-state index in [0.717, 1.165) is 18.7 Å². The van der Waals surface area contributed by atoms with E-state index in [0.29, 0.717) is 49.6 Å². The monoisotopic (exact) mass is 475 g/mol. The highest BCUT2D eigenvalue weighted by Crippen LogP contribution is 2.16. The van der Waals surface area contributed by atoms with E-state index >= 15 is 0 Å². The van der Waals surface area contributed by atoms with Crippen LogP contribution in [0.25, 0.3) is 0 Å². The number of ether oxygens (including phenoxy) is 1. The number of benzene rings is 3. The van der Waals surface area contributed by atoms with Crippen LogP contribution in [0.4, 0.5) is 4.39 Å². The molecule has 0 aromatic heterocycles. The standard InChI is InChI=1S/C28H30FN3O3/c1-35-26-13-9-24(10-14-26)28(34)32(21-22-7-11-25(29)12-8-22)20-17-30-15-18-31(19-16-30)27(33)23-5-3-2-4-6-23/h2-14H,15-21H2,1H3. The van der Waals surface area contributed by atoms with Crippen LogP contribution in [0.1, 0.15) is 26.3 Å². The minimum atomic E-state index is -0.301. The van der Waals surface area contributed by atoms with Gasteiger partial charge in [-0.3, -0.25) is 14.5 Å². The van der Waals surface area contributed by atoms with E-state index in [2.05, 4.69) is 4.90 Å². The molecule has 0 N–H and O–H groups in total. The number of halogens is 1. The van der Waals surface area contributed by atoms with Gasteiger partial charge in [0.1, 0.15) is 11.6 Å². The van der Waals surface area contributed by atoms with E-state index in [1.54, 1.807) is 48.4 Å². The summed E-state index contributed by atoms with van der Waals surface area (Å²) in [5.41, 5.74) is 2.15. The van der Waals surface area contributed by atoms with E-state index in [1.165, 1.54) is 12.1 Å². The van der Waals surface area contributed by atoms with Crippen LogP contribution in [0.5, 0.6) is 5.75 Å². The number of piperazine rings is 1. The Bertz CT molecular complexity index is 1110. The Balaban J connectivity index is 1.38. The van der Waals surface area contributed by atoms with E-state index in [9.17, 15) is 14.0 Å². The van der Waals surface area contributed by atoms with Gasteiger partial charge in [0.2, 0.25) is 0 Å². The Morgan fingerprint density at radius 1 is 0.857 bits per heavy atom. The molecule has 2 amide bonds. The molecule has 3 aromatic carbocycles. The van der Waals surface area contributed by atoms with Gasteiger partial charge in [0.15, 0.2) is 0 Å². The molecule has 0 aliphatic carbocycles. The molecule has 7 heteroatoms. The topological polar surface area (TPSA) is 53.1 Å². The summed E-state index contributed by atoms with van der Waals surface area (Å²) in [5, 5.41) is 0. The summed E-state index contributed by atoms with van der Waals surface area (Å²) in [6, 6.07) is 22.6. The number of carbonyl (C=O) groups is 2. The summed E-state index contributed by atoms with van der Waals surface area (Å²) in [4.78, 5) is 32.0. The van der Waals surface area contributed by atoms with Crippen LogP contribution in [0, 0.1) is 5.82 Å². The first kappa shape index (κ1) is 24.4. The van der Waals surface area contributed by atoms with Crippen molar-refractivity contribution in [3.05, 3.63) is 101 Å². The van der Waals surface area contributed by atoms with Gasteiger partial charge in [-0.2, -0.15) is 0 Å². The van der Waals surface area contributed by atoms with E-state index < -0.39 is 0 Å². The van der Waals surface area contributed by atoms with Gasteiger partial charge >= 0.3 is 0 Å². The van der Waals surface area contributed by atoms with Crippen molar-refractivity contribution in [3.63, 3.8) is 0 Å². The fourth-order valence-electron chi connectivity index (χ4n) is 4.18. The second kappa shape index (κ2) is 11.6. The van der Waals surface area contributed by atoms with Gasteiger partial charge in [0.25, 0.3) is 11.8 Å². The lowest BCUT2D eigenvalue weighted by Crippen LogP contribution is -2.50. The molecule has 0 bridgehead atoms. The molecule has 6 nitrogen and oxygen atoms in total. The number of amides is 2. The summed E-state index contributed by atoms with van der Waals surface area (Å²) in [6.45, 7) is 4.40. The molecule has 35 heavy (non-hydrogen) atoms. The van der Waals surface area contributed by atoms with Crippen LogP contribution >= 0.6 is 0 Å². The number of hydrogen-bond acceptors (Lipinski definition) is 4. The fraction of sp³-hybridized carbons (Fsp3) is 0.286. The van der Waals surface area contributed by atoms with Gasteiger partial charge in [-0.1, -0.05) is 30.3 Å². The summed E-state index contributed by atoms with van der Waals surface area (Å²) >= 11 is 0. The minimum Gasteiger partial charge on any atom is -0.497 e. The molecule has 0 spiro atoms. The largest absolute Gasteiger partial charge is 0.497 e. The van der Waals surface area contributed by atoms with Crippen LogP contribution in [-0.2, 0) is 6.54 Å². The van der Waals surface area contributed by atoms with Crippen LogP contribution in [-0.4, -0.2) is 72.9 Å². The van der Waals surface area contributed by atoms with Crippen molar-refractivity contribution >= 4 is 11.8 Å². The lowest BCUT2D eigenvalue weighted by Gasteiger charge is -2.36. The number of carbonyl (C=O) groups excluding carboxylic acids is 2. The van der Waals surface area contributed by atoms with E-state index in [4.69, 9.17) is 4.74 Å². The van der Waals surface area contributed by atoms with Crippen molar-refractivity contribution in [1.29, 1.82) is 0 Å². The third kappa shape index (κ3) is 6.45. The van der Waals surface area contributed by atoms with Gasteiger partial charge in [-0.05, 0) is 54.1 Å². The maximum Gasteiger partial charge on any atom is 0.254 e. The molecule has 3 aromatic rings. The Morgan fingerprint density at radius 3 is 2.14 bits per heavy atom. The zero-order valence-electron chi connectivity index (χ0n) is 19.9. The predicted molar refractivity (Wildman–Crippen MR) is 133 cm³/mol. The van der Waals surface area contributed by atoms with Crippen molar-refractivity contribution in [2.45, 2.75) is 6.54 Å². The van der Waals surface area contributed by atoms with Gasteiger partial charge in [-0.15, -0.1) is 0 Å². The Hall–Kier alpha value is -3.71. The average Bonchev–Trinajstić information content (AvgIpc) is 2.92. The van der Waals surface area contributed by atoms with Crippen LogP contribution < -0.4 is 4.74 Å². The van der Waals surface area contributed by atoms with Crippen molar-refractivity contribution in [2.75, 3.05) is 46.4 Å². The first-order valence-electron chi connectivity index (χ1n) is 11.8. The molecule has 0 unspecified atom stereocenters. The second-order valence-electron chi connectivity index (χ2n) is 8.58. The maximum absolute atomic E-state index is 13.4. The van der Waals surface area contributed by atoms with Crippen LogP contribution in [0.15, 0.2) is 78.9 Å². The number of hydrogen-bond donors (Lipinski definition) is 0. The Labute approximate surface area is 205 Å². The molecule has 1 saturated heterocycles. The first-order chi connectivity index (χ1) is 17.0. The van der Waals surface area contributed by atoms with Gasteiger partial charge in [0.05, 0.1) is 7.11 Å². The van der Waals surface area contributed by atoms with Crippen molar-refractivity contribution in [2.24, 2.45) is 0 Å². The smallest absolute Gasteiger partial charge is 0.254 e. The molecule has 0 atom stereocenters. The van der Waals surface area contributed by atoms with Crippen LogP contribution in [0.3, 0.4) is 0 Å². The van der Waals surface area contributed by atoms with E-state index in [-0.39, 0.29) is 17.6 Å². The minimum absolute atomic E-state index is 0.0536. The summed E-state index contributed by atoms with van der Waals surface area (Å²) < 4.78 is 18.6. The second-order valence-corrected chi connectivity index (χ2v) is 8.58. The molecule has 4 rings (SSSR count). The normalized spacial score (nSPS) is 13.9.